The first-order valence-corrected chi connectivity index (χ1v) is 5.60. The Morgan fingerprint density at radius 1 is 1.22 bits per heavy atom. The lowest BCUT2D eigenvalue weighted by Gasteiger charge is -2.06. The largest absolute Gasteiger partial charge is 0.481 e. The molecule has 0 spiro atoms. The number of carbonyl (C=O) groups is 1. The molecule has 0 aliphatic heterocycles. The summed E-state index contributed by atoms with van der Waals surface area (Å²) in [6.45, 7) is 0. The monoisotopic (exact) mass is 243 g/mol. The number of rotatable bonds is 5. The summed E-state index contributed by atoms with van der Waals surface area (Å²) in [4.78, 5) is 18.8. The summed E-state index contributed by atoms with van der Waals surface area (Å²) in [6, 6.07) is 11.4. The topological polar surface area (TPSA) is 75.1 Å². The second-order valence-corrected chi connectivity index (χ2v) is 3.74. The van der Waals surface area contributed by atoms with E-state index in [-0.39, 0.29) is 6.42 Å². The molecule has 0 bridgehead atoms. The highest BCUT2D eigenvalue weighted by molar-refractivity contribution is 5.66. The zero-order valence-electron chi connectivity index (χ0n) is 9.71. The summed E-state index contributed by atoms with van der Waals surface area (Å²) < 4.78 is 0. The van der Waals surface area contributed by atoms with E-state index >= 15 is 0 Å². The summed E-state index contributed by atoms with van der Waals surface area (Å²) in [6.07, 6.45) is 1.99. The number of aliphatic carboxylic acids is 1. The van der Waals surface area contributed by atoms with E-state index in [0.29, 0.717) is 18.1 Å². The third-order valence-corrected chi connectivity index (χ3v) is 2.31. The lowest BCUT2D eigenvalue weighted by molar-refractivity contribution is -0.137. The average Bonchev–Trinajstić information content (AvgIpc) is 2.38. The number of nitrogens with one attached hydrogen (secondary N) is 1. The van der Waals surface area contributed by atoms with Gasteiger partial charge in [0.25, 0.3) is 0 Å². The number of para-hydroxylation sites is 1. The molecular formula is C13H13N3O2. The maximum absolute atomic E-state index is 10.5. The Balaban J connectivity index is 2.05. The van der Waals surface area contributed by atoms with Gasteiger partial charge in [0.2, 0.25) is 0 Å². The second-order valence-electron chi connectivity index (χ2n) is 3.74. The first-order valence-electron chi connectivity index (χ1n) is 5.60. The number of hydrogen-bond donors (Lipinski definition) is 2. The second kappa shape index (κ2) is 5.77. The van der Waals surface area contributed by atoms with Crippen molar-refractivity contribution in [2.24, 2.45) is 0 Å². The Labute approximate surface area is 105 Å². The van der Waals surface area contributed by atoms with Crippen LogP contribution >= 0.6 is 0 Å². The number of nitrogens with zero attached hydrogens (tertiary/aromatic N) is 2. The van der Waals surface area contributed by atoms with E-state index in [0.717, 1.165) is 5.69 Å². The van der Waals surface area contributed by atoms with Crippen molar-refractivity contribution in [1.29, 1.82) is 0 Å². The van der Waals surface area contributed by atoms with Crippen molar-refractivity contribution in [1.82, 2.24) is 9.97 Å². The zero-order valence-corrected chi connectivity index (χ0v) is 9.71. The van der Waals surface area contributed by atoms with E-state index < -0.39 is 5.97 Å². The maximum atomic E-state index is 10.5. The van der Waals surface area contributed by atoms with Gasteiger partial charge in [-0.25, -0.2) is 9.97 Å². The van der Waals surface area contributed by atoms with Gasteiger partial charge in [-0.15, -0.1) is 0 Å². The van der Waals surface area contributed by atoms with Crippen LogP contribution in [0.25, 0.3) is 0 Å². The molecule has 18 heavy (non-hydrogen) atoms. The van der Waals surface area contributed by atoms with Crippen LogP contribution < -0.4 is 5.32 Å². The fourth-order valence-electron chi connectivity index (χ4n) is 1.48. The molecule has 0 amide bonds. The number of carboxylic acid groups (broad SMARTS) is 1. The van der Waals surface area contributed by atoms with Gasteiger partial charge < -0.3 is 10.4 Å². The van der Waals surface area contributed by atoms with Gasteiger partial charge in [0.1, 0.15) is 11.6 Å². The predicted molar refractivity (Wildman–Crippen MR) is 67.7 cm³/mol. The molecule has 0 unspecified atom stereocenters. The van der Waals surface area contributed by atoms with E-state index in [1.165, 1.54) is 0 Å². The summed E-state index contributed by atoms with van der Waals surface area (Å²) in [7, 11) is 0. The quantitative estimate of drug-likeness (QED) is 0.842. The van der Waals surface area contributed by atoms with Crippen LogP contribution in [0.1, 0.15) is 12.2 Å². The fraction of sp³-hybridized carbons (Fsp3) is 0.154. The van der Waals surface area contributed by atoms with Crippen LogP contribution in [0.3, 0.4) is 0 Å². The first-order chi connectivity index (χ1) is 8.74. The number of hydrogen-bond acceptors (Lipinski definition) is 4. The summed E-state index contributed by atoms with van der Waals surface area (Å²) in [5.74, 6) is 0.343. The van der Waals surface area contributed by atoms with Gasteiger partial charge in [-0.1, -0.05) is 18.2 Å². The van der Waals surface area contributed by atoms with E-state index in [1.54, 1.807) is 12.3 Å². The summed E-state index contributed by atoms with van der Waals surface area (Å²) >= 11 is 0. The van der Waals surface area contributed by atoms with Gasteiger partial charge in [0.15, 0.2) is 0 Å². The minimum Gasteiger partial charge on any atom is -0.481 e. The van der Waals surface area contributed by atoms with Crippen LogP contribution in [0, 0.1) is 0 Å². The molecule has 1 aromatic heterocycles. The van der Waals surface area contributed by atoms with E-state index in [2.05, 4.69) is 15.3 Å². The molecule has 2 aromatic rings. The first kappa shape index (κ1) is 12.0. The summed E-state index contributed by atoms with van der Waals surface area (Å²) in [5, 5.41) is 11.7. The SMILES string of the molecule is O=C(O)CCc1nccc(Nc2ccccc2)n1. The van der Waals surface area contributed by atoms with Crippen LogP contribution in [0.4, 0.5) is 11.5 Å². The number of benzene rings is 1. The molecule has 92 valence electrons. The molecule has 2 rings (SSSR count). The van der Waals surface area contributed by atoms with Crippen LogP contribution in [-0.2, 0) is 11.2 Å². The molecule has 1 aromatic carbocycles. The van der Waals surface area contributed by atoms with Crippen molar-refractivity contribution >= 4 is 17.5 Å². The van der Waals surface area contributed by atoms with Crippen molar-refractivity contribution < 1.29 is 9.90 Å². The van der Waals surface area contributed by atoms with Crippen LogP contribution in [0.2, 0.25) is 0 Å². The minimum atomic E-state index is -0.847. The van der Waals surface area contributed by atoms with Crippen LogP contribution in [0.5, 0.6) is 0 Å². The van der Waals surface area contributed by atoms with Gasteiger partial charge >= 0.3 is 5.97 Å². The van der Waals surface area contributed by atoms with Crippen molar-refractivity contribution in [2.75, 3.05) is 5.32 Å². The highest BCUT2D eigenvalue weighted by Gasteiger charge is 2.03. The molecular weight excluding hydrogens is 230 g/mol. The number of anilines is 2. The van der Waals surface area contributed by atoms with Gasteiger partial charge in [0.05, 0.1) is 6.42 Å². The number of aromatic nitrogens is 2. The molecule has 1 heterocycles. The molecule has 0 fully saturated rings. The lowest BCUT2D eigenvalue weighted by atomic mass is 10.3. The molecule has 0 radical (unpaired) electrons. The van der Waals surface area contributed by atoms with E-state index in [4.69, 9.17) is 5.11 Å². The Hall–Kier alpha value is -2.43. The third kappa shape index (κ3) is 3.55. The molecule has 0 saturated heterocycles. The number of carboxylic acids is 1. The average molecular weight is 243 g/mol. The standard InChI is InChI=1S/C13H13N3O2/c17-13(18)7-6-11-14-9-8-12(16-11)15-10-4-2-1-3-5-10/h1-5,8-9H,6-7H2,(H,17,18)(H,14,15,16). The highest BCUT2D eigenvalue weighted by Crippen LogP contribution is 2.13. The minimum absolute atomic E-state index is 0.0365. The molecule has 5 nitrogen and oxygen atoms in total. The zero-order chi connectivity index (χ0) is 12.8. The Morgan fingerprint density at radius 3 is 2.72 bits per heavy atom. The lowest BCUT2D eigenvalue weighted by Crippen LogP contribution is -2.03. The Bertz CT molecular complexity index is 529. The number of aryl methyl sites for hydroxylation is 1. The summed E-state index contributed by atoms with van der Waals surface area (Å²) in [5.41, 5.74) is 0.931. The third-order valence-electron chi connectivity index (χ3n) is 2.31. The van der Waals surface area contributed by atoms with E-state index in [9.17, 15) is 4.79 Å². The van der Waals surface area contributed by atoms with Crippen molar-refractivity contribution in [3.05, 3.63) is 48.4 Å². The molecule has 2 N–H and O–H groups in total. The van der Waals surface area contributed by atoms with Crippen molar-refractivity contribution in [2.45, 2.75) is 12.8 Å². The van der Waals surface area contributed by atoms with Crippen LogP contribution in [0.15, 0.2) is 42.6 Å². The van der Waals surface area contributed by atoms with Gasteiger partial charge in [-0.3, -0.25) is 4.79 Å². The van der Waals surface area contributed by atoms with Crippen LogP contribution in [-0.4, -0.2) is 21.0 Å². The van der Waals surface area contributed by atoms with Crippen molar-refractivity contribution in [3.63, 3.8) is 0 Å². The Morgan fingerprint density at radius 2 is 2.00 bits per heavy atom. The fourth-order valence-corrected chi connectivity index (χ4v) is 1.48. The molecule has 0 aliphatic carbocycles. The van der Waals surface area contributed by atoms with Gasteiger partial charge in [-0.2, -0.15) is 0 Å². The van der Waals surface area contributed by atoms with Gasteiger partial charge in [-0.05, 0) is 18.2 Å². The normalized spacial score (nSPS) is 10.0. The van der Waals surface area contributed by atoms with E-state index in [1.807, 2.05) is 30.3 Å². The molecule has 0 atom stereocenters. The molecule has 5 heteroatoms. The highest BCUT2D eigenvalue weighted by atomic mass is 16.4. The maximum Gasteiger partial charge on any atom is 0.303 e. The molecule has 0 saturated carbocycles. The smallest absolute Gasteiger partial charge is 0.303 e. The molecule has 0 aliphatic rings. The van der Waals surface area contributed by atoms with Gasteiger partial charge in [0, 0.05) is 18.3 Å². The Kier molecular flexibility index (Phi) is 3.86. The van der Waals surface area contributed by atoms with Crippen molar-refractivity contribution in [3.8, 4) is 0 Å². The predicted octanol–water partition coefficient (Wildman–Crippen LogP) is 2.24.